The maximum absolute atomic E-state index is 12.5. The average Bonchev–Trinajstić information content (AvgIpc) is 3.26. The smallest absolute Gasteiger partial charge is 0.244 e. The standard InChI is InChI=1S/C18H28N4O6S/c1-28-10-5-16(25)20-7-6-19-15(24)4-9-21-17(26)11-14(18(21)27)29-22-8-2-3-13(22)12-23/h12-14H,2-11H2,1H3,(H,19,24)(H,20,25)/t13-,14?/m0/s1. The molecule has 29 heavy (non-hydrogen) atoms. The second-order valence-electron chi connectivity index (χ2n) is 6.86. The maximum atomic E-state index is 12.5. The minimum atomic E-state index is -0.534. The molecule has 0 saturated carbocycles. The van der Waals surface area contributed by atoms with Crippen molar-refractivity contribution in [3.8, 4) is 0 Å². The van der Waals surface area contributed by atoms with Crippen molar-refractivity contribution in [2.75, 3.05) is 39.9 Å². The first-order valence-electron chi connectivity index (χ1n) is 9.71. The lowest BCUT2D eigenvalue weighted by Gasteiger charge is -2.21. The van der Waals surface area contributed by atoms with Gasteiger partial charge in [0, 0.05) is 52.6 Å². The number of imide groups is 1. The van der Waals surface area contributed by atoms with E-state index in [1.54, 1.807) is 0 Å². The number of nitrogens with one attached hydrogen (secondary N) is 2. The highest BCUT2D eigenvalue weighted by Crippen LogP contribution is 2.33. The maximum Gasteiger partial charge on any atom is 0.244 e. The minimum absolute atomic E-state index is 0.00711. The second-order valence-corrected chi connectivity index (χ2v) is 8.11. The van der Waals surface area contributed by atoms with Gasteiger partial charge in [0.05, 0.1) is 12.6 Å². The Morgan fingerprint density at radius 2 is 1.90 bits per heavy atom. The average molecular weight is 429 g/mol. The van der Waals surface area contributed by atoms with Crippen LogP contribution in [-0.4, -0.2) is 90.3 Å². The van der Waals surface area contributed by atoms with Crippen LogP contribution in [0, 0.1) is 0 Å². The van der Waals surface area contributed by atoms with Crippen molar-refractivity contribution in [2.45, 2.75) is 43.4 Å². The summed E-state index contributed by atoms with van der Waals surface area (Å²) < 4.78 is 6.68. The zero-order valence-corrected chi connectivity index (χ0v) is 17.4. The van der Waals surface area contributed by atoms with Gasteiger partial charge in [0.25, 0.3) is 0 Å². The second kappa shape index (κ2) is 11.9. The van der Waals surface area contributed by atoms with Gasteiger partial charge in [-0.05, 0) is 12.8 Å². The van der Waals surface area contributed by atoms with Crippen LogP contribution in [0.25, 0.3) is 0 Å². The van der Waals surface area contributed by atoms with Gasteiger partial charge in [0.1, 0.15) is 11.5 Å². The molecule has 0 aliphatic carbocycles. The SMILES string of the molecule is COCCC(=O)NCCNC(=O)CCN1C(=O)CC(SN2CCC[C@H]2C=O)C1=O. The Bertz CT molecular complexity index is 631. The third-order valence-electron chi connectivity index (χ3n) is 4.74. The minimum Gasteiger partial charge on any atom is -0.384 e. The van der Waals surface area contributed by atoms with Crippen molar-refractivity contribution < 1.29 is 28.7 Å². The Kier molecular flexibility index (Phi) is 9.55. The van der Waals surface area contributed by atoms with Crippen LogP contribution in [0.15, 0.2) is 0 Å². The molecular formula is C18H28N4O6S. The van der Waals surface area contributed by atoms with Crippen LogP contribution < -0.4 is 10.6 Å². The number of aldehydes is 1. The number of hydrogen-bond acceptors (Lipinski definition) is 8. The topological polar surface area (TPSA) is 125 Å². The third-order valence-corrected chi connectivity index (χ3v) is 6.08. The molecular weight excluding hydrogens is 400 g/mol. The van der Waals surface area contributed by atoms with E-state index >= 15 is 0 Å². The van der Waals surface area contributed by atoms with Gasteiger partial charge >= 0.3 is 0 Å². The summed E-state index contributed by atoms with van der Waals surface area (Å²) in [4.78, 5) is 60.2. The first kappa shape index (κ1) is 23.3. The number of rotatable bonds is 12. The van der Waals surface area contributed by atoms with Gasteiger partial charge in [-0.3, -0.25) is 24.1 Å². The van der Waals surface area contributed by atoms with E-state index in [9.17, 15) is 24.0 Å². The third kappa shape index (κ3) is 7.09. The van der Waals surface area contributed by atoms with Crippen molar-refractivity contribution in [1.29, 1.82) is 0 Å². The van der Waals surface area contributed by atoms with Gasteiger partial charge in [0.15, 0.2) is 0 Å². The van der Waals surface area contributed by atoms with E-state index < -0.39 is 5.25 Å². The van der Waals surface area contributed by atoms with E-state index in [1.165, 1.54) is 19.1 Å². The molecule has 2 atom stereocenters. The van der Waals surface area contributed by atoms with Crippen molar-refractivity contribution in [1.82, 2.24) is 19.8 Å². The summed E-state index contributed by atoms with van der Waals surface area (Å²) in [5.74, 6) is -1.07. The fourth-order valence-corrected chi connectivity index (χ4v) is 4.46. The molecule has 0 spiro atoms. The molecule has 2 aliphatic heterocycles. The number of amides is 4. The van der Waals surface area contributed by atoms with Crippen molar-refractivity contribution in [3.63, 3.8) is 0 Å². The van der Waals surface area contributed by atoms with Crippen molar-refractivity contribution in [2.24, 2.45) is 0 Å². The Balaban J connectivity index is 1.67. The van der Waals surface area contributed by atoms with Crippen LogP contribution in [0.4, 0.5) is 0 Å². The van der Waals surface area contributed by atoms with Gasteiger partial charge in [0.2, 0.25) is 23.6 Å². The fraction of sp³-hybridized carbons (Fsp3) is 0.722. The summed E-state index contributed by atoms with van der Waals surface area (Å²) in [5.41, 5.74) is 0. The normalized spacial score (nSPS) is 22.2. The molecule has 11 heteroatoms. The number of methoxy groups -OCH3 is 1. The molecule has 2 aliphatic rings. The predicted molar refractivity (Wildman–Crippen MR) is 106 cm³/mol. The van der Waals surface area contributed by atoms with Crippen LogP contribution in [-0.2, 0) is 28.7 Å². The lowest BCUT2D eigenvalue weighted by molar-refractivity contribution is -0.138. The van der Waals surface area contributed by atoms with E-state index in [4.69, 9.17) is 4.74 Å². The molecule has 2 fully saturated rings. The number of nitrogens with zero attached hydrogens (tertiary/aromatic N) is 2. The van der Waals surface area contributed by atoms with E-state index in [-0.39, 0.29) is 62.0 Å². The monoisotopic (exact) mass is 428 g/mol. The summed E-state index contributed by atoms with van der Waals surface area (Å²) in [6.07, 6.45) is 2.88. The molecule has 2 N–H and O–H groups in total. The van der Waals surface area contributed by atoms with Crippen LogP contribution >= 0.6 is 11.9 Å². The summed E-state index contributed by atoms with van der Waals surface area (Å²) >= 11 is 1.26. The first-order valence-corrected chi connectivity index (χ1v) is 10.5. The Morgan fingerprint density at radius 3 is 2.55 bits per heavy atom. The van der Waals surface area contributed by atoms with E-state index in [0.29, 0.717) is 13.2 Å². The van der Waals surface area contributed by atoms with Gasteiger partial charge in [-0.25, -0.2) is 4.31 Å². The number of carbonyl (C=O) groups excluding carboxylic acids is 5. The molecule has 2 rings (SSSR count). The summed E-state index contributed by atoms with van der Waals surface area (Å²) in [5, 5.41) is 4.76. The fourth-order valence-electron chi connectivity index (χ4n) is 3.16. The Labute approximate surface area is 174 Å². The van der Waals surface area contributed by atoms with Gasteiger partial charge in [-0.1, -0.05) is 11.9 Å². The van der Waals surface area contributed by atoms with Crippen LogP contribution in [0.5, 0.6) is 0 Å². The Hall–Kier alpha value is -1.98. The molecule has 0 bridgehead atoms. The molecule has 2 heterocycles. The number of ether oxygens (including phenoxy) is 1. The quantitative estimate of drug-likeness (QED) is 0.177. The Morgan fingerprint density at radius 1 is 1.21 bits per heavy atom. The molecule has 0 aromatic carbocycles. The lowest BCUT2D eigenvalue weighted by atomic mass is 10.2. The first-order chi connectivity index (χ1) is 14.0. The molecule has 0 radical (unpaired) electrons. The van der Waals surface area contributed by atoms with E-state index in [2.05, 4.69) is 10.6 Å². The largest absolute Gasteiger partial charge is 0.384 e. The summed E-state index contributed by atoms with van der Waals surface area (Å²) in [6, 6.07) is -0.210. The summed E-state index contributed by atoms with van der Waals surface area (Å²) in [6.45, 7) is 1.64. The predicted octanol–water partition coefficient (Wildman–Crippen LogP) is -0.916. The molecule has 4 amide bonds. The highest BCUT2D eigenvalue weighted by Gasteiger charge is 2.41. The number of hydrogen-bond donors (Lipinski definition) is 2. The molecule has 2 saturated heterocycles. The molecule has 0 aromatic heterocycles. The molecule has 1 unspecified atom stereocenters. The number of carbonyl (C=O) groups is 5. The van der Waals surface area contributed by atoms with E-state index in [1.807, 2.05) is 4.31 Å². The lowest BCUT2D eigenvalue weighted by Crippen LogP contribution is -2.38. The van der Waals surface area contributed by atoms with Gasteiger partial charge < -0.3 is 20.2 Å². The highest BCUT2D eigenvalue weighted by atomic mass is 32.2. The molecule has 0 aromatic rings. The van der Waals surface area contributed by atoms with Crippen LogP contribution in [0.3, 0.4) is 0 Å². The zero-order valence-electron chi connectivity index (χ0n) is 16.6. The van der Waals surface area contributed by atoms with Crippen LogP contribution in [0.2, 0.25) is 0 Å². The van der Waals surface area contributed by atoms with Gasteiger partial charge in [-0.15, -0.1) is 0 Å². The highest BCUT2D eigenvalue weighted by molar-refractivity contribution is 7.98. The summed E-state index contributed by atoms with van der Waals surface area (Å²) in [7, 11) is 1.51. The molecule has 162 valence electrons. The van der Waals surface area contributed by atoms with E-state index in [0.717, 1.165) is 30.6 Å². The zero-order chi connectivity index (χ0) is 21.2. The van der Waals surface area contributed by atoms with Crippen LogP contribution in [0.1, 0.15) is 32.1 Å². The molecule has 10 nitrogen and oxygen atoms in total. The van der Waals surface area contributed by atoms with Crippen molar-refractivity contribution >= 4 is 41.9 Å². The number of likely N-dealkylation sites (tertiary alicyclic amines) is 1. The van der Waals surface area contributed by atoms with Crippen molar-refractivity contribution in [3.05, 3.63) is 0 Å². The van der Waals surface area contributed by atoms with Gasteiger partial charge in [-0.2, -0.15) is 0 Å².